The highest BCUT2D eigenvalue weighted by atomic mass is 16.5. The summed E-state index contributed by atoms with van der Waals surface area (Å²) in [6, 6.07) is 7.86. The molecule has 0 spiro atoms. The molecule has 26 heavy (non-hydrogen) atoms. The lowest BCUT2D eigenvalue weighted by Crippen LogP contribution is -2.31. The zero-order valence-electron chi connectivity index (χ0n) is 14.6. The van der Waals surface area contributed by atoms with Crippen molar-refractivity contribution in [3.63, 3.8) is 0 Å². The highest BCUT2D eigenvalue weighted by molar-refractivity contribution is 5.93. The maximum absolute atomic E-state index is 13.0. The van der Waals surface area contributed by atoms with Crippen LogP contribution < -0.4 is 5.43 Å². The molecule has 1 atom stereocenters. The molecule has 0 N–H and O–H groups in total. The molecule has 1 saturated heterocycles. The first-order valence-electron chi connectivity index (χ1n) is 8.72. The van der Waals surface area contributed by atoms with Gasteiger partial charge in [-0.15, -0.1) is 0 Å². The summed E-state index contributed by atoms with van der Waals surface area (Å²) in [6.07, 6.45) is 1.57. The summed E-state index contributed by atoms with van der Waals surface area (Å²) in [6.45, 7) is 4.52. The van der Waals surface area contributed by atoms with Crippen molar-refractivity contribution in [1.82, 2.24) is 15.0 Å². The lowest BCUT2D eigenvalue weighted by atomic mass is 10.2. The van der Waals surface area contributed by atoms with Crippen molar-refractivity contribution >= 4 is 16.9 Å². The Hall–Kier alpha value is -2.96. The lowest BCUT2D eigenvalue weighted by Gasteiger charge is -2.21. The molecule has 0 radical (unpaired) electrons. The number of likely N-dealkylation sites (tertiary alicyclic amines) is 1. The number of hydrogen-bond donors (Lipinski definition) is 0. The van der Waals surface area contributed by atoms with Crippen LogP contribution in [0.3, 0.4) is 0 Å². The van der Waals surface area contributed by atoms with Crippen LogP contribution in [0, 0.1) is 0 Å². The third-order valence-electron chi connectivity index (χ3n) is 4.62. The van der Waals surface area contributed by atoms with Gasteiger partial charge in [0.05, 0.1) is 5.39 Å². The van der Waals surface area contributed by atoms with Crippen molar-refractivity contribution < 1.29 is 13.7 Å². The van der Waals surface area contributed by atoms with Gasteiger partial charge in [-0.25, -0.2) is 0 Å². The Kier molecular flexibility index (Phi) is 4.06. The van der Waals surface area contributed by atoms with Gasteiger partial charge in [0.2, 0.25) is 5.89 Å². The van der Waals surface area contributed by atoms with Crippen LogP contribution >= 0.6 is 0 Å². The summed E-state index contributed by atoms with van der Waals surface area (Å²) < 4.78 is 11.1. The van der Waals surface area contributed by atoms with E-state index in [0.717, 1.165) is 12.8 Å². The van der Waals surface area contributed by atoms with Gasteiger partial charge in [0, 0.05) is 18.5 Å². The van der Waals surface area contributed by atoms with E-state index < -0.39 is 0 Å². The highest BCUT2D eigenvalue weighted by Crippen LogP contribution is 2.33. The molecule has 134 valence electrons. The second-order valence-electron chi connectivity index (χ2n) is 6.77. The first-order valence-corrected chi connectivity index (χ1v) is 8.72. The molecule has 7 nitrogen and oxygen atoms in total. The Balaban J connectivity index is 1.67. The minimum atomic E-state index is -0.334. The van der Waals surface area contributed by atoms with Crippen LogP contribution in [0.25, 0.3) is 11.0 Å². The maximum Gasteiger partial charge on any atom is 0.290 e. The summed E-state index contributed by atoms with van der Waals surface area (Å²) >= 11 is 0. The fourth-order valence-electron chi connectivity index (χ4n) is 3.23. The van der Waals surface area contributed by atoms with E-state index in [1.165, 1.54) is 6.07 Å². The summed E-state index contributed by atoms with van der Waals surface area (Å²) in [5, 5.41) is 4.44. The molecule has 1 aromatic carbocycles. The van der Waals surface area contributed by atoms with Crippen LogP contribution in [0.2, 0.25) is 0 Å². The lowest BCUT2D eigenvalue weighted by molar-refractivity contribution is 0.0678. The van der Waals surface area contributed by atoms with Gasteiger partial charge in [-0.2, -0.15) is 4.98 Å². The molecule has 3 aromatic rings. The summed E-state index contributed by atoms with van der Waals surface area (Å²) in [5.74, 6) is 0.902. The molecular formula is C19H19N3O4. The molecule has 2 aromatic heterocycles. The van der Waals surface area contributed by atoms with E-state index in [2.05, 4.69) is 10.1 Å². The minimum Gasteiger partial charge on any atom is -0.451 e. The topological polar surface area (TPSA) is 89.4 Å². The van der Waals surface area contributed by atoms with Crippen molar-refractivity contribution in [3.8, 4) is 0 Å². The molecule has 0 saturated carbocycles. The zero-order valence-corrected chi connectivity index (χ0v) is 14.6. The largest absolute Gasteiger partial charge is 0.451 e. The van der Waals surface area contributed by atoms with Gasteiger partial charge in [0.1, 0.15) is 11.6 Å². The van der Waals surface area contributed by atoms with Crippen molar-refractivity contribution in [2.24, 2.45) is 0 Å². The Morgan fingerprint density at radius 2 is 2.12 bits per heavy atom. The Labute approximate surface area is 149 Å². The molecule has 7 heteroatoms. The smallest absolute Gasteiger partial charge is 0.290 e. The first-order chi connectivity index (χ1) is 12.5. The van der Waals surface area contributed by atoms with Crippen molar-refractivity contribution in [2.45, 2.75) is 38.6 Å². The molecule has 4 rings (SSSR count). The molecular weight excluding hydrogens is 334 g/mol. The third-order valence-corrected chi connectivity index (χ3v) is 4.62. The molecule has 1 aliphatic rings. The van der Waals surface area contributed by atoms with E-state index >= 15 is 0 Å². The number of aromatic nitrogens is 2. The second kappa shape index (κ2) is 6.40. The average molecular weight is 353 g/mol. The number of fused-ring (bicyclic) bond motifs is 1. The third kappa shape index (κ3) is 2.79. The van der Waals surface area contributed by atoms with Crippen molar-refractivity contribution in [1.29, 1.82) is 0 Å². The standard InChI is InChI=1S/C19H19N3O4/c1-11(2)17-20-18(26-21-17)13-7-5-9-22(13)19(24)16-10-14(23)12-6-3-4-8-15(12)25-16/h3-4,6,8,10-11,13H,5,7,9H2,1-2H3. The number of rotatable bonds is 3. The molecule has 1 aliphatic heterocycles. The number of benzene rings is 1. The monoisotopic (exact) mass is 353 g/mol. The number of nitrogens with zero attached hydrogens (tertiary/aromatic N) is 3. The number of hydrogen-bond acceptors (Lipinski definition) is 6. The molecule has 0 bridgehead atoms. The Morgan fingerprint density at radius 3 is 2.88 bits per heavy atom. The van der Waals surface area contributed by atoms with E-state index in [0.29, 0.717) is 29.2 Å². The van der Waals surface area contributed by atoms with Gasteiger partial charge in [-0.1, -0.05) is 31.1 Å². The van der Waals surface area contributed by atoms with Crippen LogP contribution in [0.4, 0.5) is 0 Å². The van der Waals surface area contributed by atoms with E-state index in [4.69, 9.17) is 8.94 Å². The SMILES string of the molecule is CC(C)c1noc(C2CCCN2C(=O)c2cc(=O)c3ccccc3o2)n1. The van der Waals surface area contributed by atoms with Crippen molar-refractivity contribution in [2.75, 3.05) is 6.54 Å². The van der Waals surface area contributed by atoms with Gasteiger partial charge in [-0.05, 0) is 25.0 Å². The first kappa shape index (κ1) is 16.5. The molecule has 0 aliphatic carbocycles. The van der Waals surface area contributed by atoms with E-state index in [-0.39, 0.29) is 29.1 Å². The number of amides is 1. The van der Waals surface area contributed by atoms with Crippen LogP contribution in [-0.2, 0) is 0 Å². The van der Waals surface area contributed by atoms with Gasteiger partial charge >= 0.3 is 0 Å². The summed E-state index contributed by atoms with van der Waals surface area (Å²) in [5.41, 5.74) is 0.171. The second-order valence-corrected chi connectivity index (χ2v) is 6.77. The van der Waals surface area contributed by atoms with E-state index in [9.17, 15) is 9.59 Å². The van der Waals surface area contributed by atoms with Crippen LogP contribution in [0.5, 0.6) is 0 Å². The number of carbonyl (C=O) groups is 1. The van der Waals surface area contributed by atoms with Crippen LogP contribution in [0.1, 0.15) is 60.9 Å². The minimum absolute atomic E-state index is 0.0317. The highest BCUT2D eigenvalue weighted by Gasteiger charge is 2.35. The van der Waals surface area contributed by atoms with Gasteiger partial charge < -0.3 is 13.8 Å². The van der Waals surface area contributed by atoms with Crippen LogP contribution in [-0.4, -0.2) is 27.5 Å². The van der Waals surface area contributed by atoms with Gasteiger partial charge in [-0.3, -0.25) is 9.59 Å². The van der Waals surface area contributed by atoms with Gasteiger partial charge in [0.25, 0.3) is 5.91 Å². The fourth-order valence-corrected chi connectivity index (χ4v) is 3.23. The molecule has 3 heterocycles. The number of carbonyl (C=O) groups excluding carboxylic acids is 1. The molecule has 1 fully saturated rings. The quantitative estimate of drug-likeness (QED) is 0.718. The van der Waals surface area contributed by atoms with Gasteiger partial charge in [0.15, 0.2) is 17.0 Å². The normalized spacial score (nSPS) is 17.3. The zero-order chi connectivity index (χ0) is 18.3. The predicted molar refractivity (Wildman–Crippen MR) is 93.9 cm³/mol. The average Bonchev–Trinajstić information content (AvgIpc) is 3.30. The molecule has 1 unspecified atom stereocenters. The number of para-hydroxylation sites is 1. The van der Waals surface area contributed by atoms with E-state index in [1.807, 2.05) is 13.8 Å². The van der Waals surface area contributed by atoms with Crippen LogP contribution in [0.15, 0.2) is 44.1 Å². The Morgan fingerprint density at radius 1 is 1.31 bits per heavy atom. The molecule has 1 amide bonds. The Bertz CT molecular complexity index is 1020. The maximum atomic E-state index is 13.0. The van der Waals surface area contributed by atoms with Crippen molar-refractivity contribution in [3.05, 3.63) is 58.0 Å². The fraction of sp³-hybridized carbons (Fsp3) is 0.368. The van der Waals surface area contributed by atoms with E-state index in [1.54, 1.807) is 29.2 Å². The summed E-state index contributed by atoms with van der Waals surface area (Å²) in [4.78, 5) is 31.3. The summed E-state index contributed by atoms with van der Waals surface area (Å²) in [7, 11) is 0. The predicted octanol–water partition coefficient (Wildman–Crippen LogP) is 3.28.